The number of hydrogen-bond acceptors (Lipinski definition) is 3. The molecule has 0 aromatic heterocycles. The van der Waals surface area contributed by atoms with Crippen molar-refractivity contribution in [3.63, 3.8) is 0 Å². The van der Waals surface area contributed by atoms with Crippen LogP contribution in [0.1, 0.15) is 50.2 Å². The minimum absolute atomic E-state index is 0.0899. The molecule has 1 aliphatic rings. The molecule has 32 heavy (non-hydrogen) atoms. The molecule has 1 aliphatic carbocycles. The molecule has 0 spiro atoms. The highest BCUT2D eigenvalue weighted by molar-refractivity contribution is 8.00. The third-order valence-electron chi connectivity index (χ3n) is 5.84. The molecule has 0 radical (unpaired) electrons. The van der Waals surface area contributed by atoms with Crippen molar-refractivity contribution in [2.75, 3.05) is 5.75 Å². The molecule has 2 aromatic carbocycles. The molecule has 2 amide bonds. The Balaban J connectivity index is 1.72. The Morgan fingerprint density at radius 2 is 1.75 bits per heavy atom. The summed E-state index contributed by atoms with van der Waals surface area (Å²) in [5.41, 5.74) is 2.01. The van der Waals surface area contributed by atoms with Gasteiger partial charge in [0.05, 0.1) is 15.8 Å². The molecular weight excluding hydrogens is 463 g/mol. The Morgan fingerprint density at radius 1 is 1.06 bits per heavy atom. The number of rotatable bonds is 8. The molecule has 1 atom stereocenters. The molecule has 7 heteroatoms. The third-order valence-corrected chi connectivity index (χ3v) is 7.57. The van der Waals surface area contributed by atoms with Crippen molar-refractivity contribution < 1.29 is 9.59 Å². The number of nitrogens with one attached hydrogen (secondary N) is 1. The normalized spacial score (nSPS) is 15.2. The first kappa shape index (κ1) is 24.9. The number of nitrogens with zero attached hydrogens (tertiary/aromatic N) is 1. The smallest absolute Gasteiger partial charge is 0.242 e. The van der Waals surface area contributed by atoms with E-state index in [1.54, 1.807) is 24.0 Å². The average molecular weight is 494 g/mol. The molecule has 0 aliphatic heterocycles. The van der Waals surface area contributed by atoms with Crippen LogP contribution >= 0.6 is 35.0 Å². The second kappa shape index (κ2) is 12.0. The standard InChI is InChI=1S/C25H30Cl2N2O2S/c1-17-8-11-21(12-9-17)32-16-24(30)29(15-19-10-13-22(26)23(27)14-19)18(2)25(31)28-20-6-4-3-5-7-20/h8-14,18,20H,3-7,15-16H2,1-2H3,(H,28,31)/t18-/m0/s1. The first-order chi connectivity index (χ1) is 15.3. The van der Waals surface area contributed by atoms with Gasteiger partial charge in [-0.2, -0.15) is 0 Å². The van der Waals surface area contributed by atoms with Crippen molar-refractivity contribution in [2.24, 2.45) is 0 Å². The van der Waals surface area contributed by atoms with Gasteiger partial charge in [0.25, 0.3) is 0 Å². The lowest BCUT2D eigenvalue weighted by Crippen LogP contribution is -2.50. The predicted molar refractivity (Wildman–Crippen MR) is 133 cm³/mol. The number of amides is 2. The van der Waals surface area contributed by atoms with Gasteiger partial charge in [-0.15, -0.1) is 11.8 Å². The van der Waals surface area contributed by atoms with Gasteiger partial charge in [-0.3, -0.25) is 9.59 Å². The van der Waals surface area contributed by atoms with E-state index in [1.165, 1.54) is 23.7 Å². The summed E-state index contributed by atoms with van der Waals surface area (Å²) in [6, 6.07) is 13.0. The van der Waals surface area contributed by atoms with E-state index in [2.05, 4.69) is 5.32 Å². The second-order valence-corrected chi connectivity index (χ2v) is 10.3. The van der Waals surface area contributed by atoms with E-state index < -0.39 is 6.04 Å². The van der Waals surface area contributed by atoms with Crippen LogP contribution in [0.25, 0.3) is 0 Å². The summed E-state index contributed by atoms with van der Waals surface area (Å²) in [5, 5.41) is 4.05. The highest BCUT2D eigenvalue weighted by Gasteiger charge is 2.28. The predicted octanol–water partition coefficient (Wildman–Crippen LogP) is 6.26. The van der Waals surface area contributed by atoms with Gasteiger partial charge in [0.2, 0.25) is 11.8 Å². The average Bonchev–Trinajstić information content (AvgIpc) is 2.79. The Kier molecular flexibility index (Phi) is 9.33. The van der Waals surface area contributed by atoms with E-state index in [9.17, 15) is 9.59 Å². The van der Waals surface area contributed by atoms with Crippen LogP contribution < -0.4 is 5.32 Å². The van der Waals surface area contributed by atoms with Crippen LogP contribution in [0.5, 0.6) is 0 Å². The summed E-state index contributed by atoms with van der Waals surface area (Å²) < 4.78 is 0. The van der Waals surface area contributed by atoms with Crippen LogP contribution in [0, 0.1) is 6.92 Å². The number of carbonyl (C=O) groups is 2. The second-order valence-electron chi connectivity index (χ2n) is 8.39. The number of hydrogen-bond donors (Lipinski definition) is 1. The summed E-state index contributed by atoms with van der Waals surface area (Å²) in [7, 11) is 0. The summed E-state index contributed by atoms with van der Waals surface area (Å²) >= 11 is 13.7. The zero-order chi connectivity index (χ0) is 23.1. The zero-order valence-corrected chi connectivity index (χ0v) is 20.9. The molecule has 0 saturated heterocycles. The van der Waals surface area contributed by atoms with Crippen LogP contribution in [0.4, 0.5) is 0 Å². The van der Waals surface area contributed by atoms with Gasteiger partial charge in [-0.1, -0.05) is 66.2 Å². The highest BCUT2D eigenvalue weighted by Crippen LogP contribution is 2.25. The summed E-state index contributed by atoms with van der Waals surface area (Å²) in [6.45, 7) is 4.12. The molecule has 0 heterocycles. The van der Waals surface area contributed by atoms with Gasteiger partial charge < -0.3 is 10.2 Å². The summed E-state index contributed by atoms with van der Waals surface area (Å²) in [4.78, 5) is 28.9. The van der Waals surface area contributed by atoms with Crippen molar-refractivity contribution in [2.45, 2.75) is 69.5 Å². The maximum Gasteiger partial charge on any atom is 0.242 e. The molecule has 1 N–H and O–H groups in total. The first-order valence-electron chi connectivity index (χ1n) is 11.1. The molecule has 2 aromatic rings. The van der Waals surface area contributed by atoms with E-state index in [1.807, 2.05) is 37.3 Å². The molecule has 172 valence electrons. The summed E-state index contributed by atoms with van der Waals surface area (Å²) in [5.74, 6) is 0.0596. The fourth-order valence-corrected chi connectivity index (χ4v) is 4.95. The lowest BCUT2D eigenvalue weighted by atomic mass is 9.95. The molecule has 1 saturated carbocycles. The lowest BCUT2D eigenvalue weighted by molar-refractivity contribution is -0.139. The topological polar surface area (TPSA) is 49.4 Å². The summed E-state index contributed by atoms with van der Waals surface area (Å²) in [6.07, 6.45) is 5.50. The Bertz CT molecular complexity index is 930. The minimum atomic E-state index is -0.586. The largest absolute Gasteiger partial charge is 0.352 e. The van der Waals surface area contributed by atoms with Crippen molar-refractivity contribution in [1.82, 2.24) is 10.2 Å². The van der Waals surface area contributed by atoms with Crippen molar-refractivity contribution in [3.05, 3.63) is 63.6 Å². The van der Waals surface area contributed by atoms with Crippen LogP contribution in [-0.4, -0.2) is 34.6 Å². The van der Waals surface area contributed by atoms with Crippen LogP contribution in [0.2, 0.25) is 10.0 Å². The van der Waals surface area contributed by atoms with Crippen LogP contribution in [-0.2, 0) is 16.1 Å². The Hall–Kier alpha value is -1.69. The number of thioether (sulfide) groups is 1. The molecule has 1 fully saturated rings. The van der Waals surface area contributed by atoms with E-state index in [0.717, 1.165) is 36.1 Å². The zero-order valence-electron chi connectivity index (χ0n) is 18.6. The van der Waals surface area contributed by atoms with Gasteiger partial charge in [0, 0.05) is 17.5 Å². The van der Waals surface area contributed by atoms with E-state index in [-0.39, 0.29) is 23.6 Å². The lowest BCUT2D eigenvalue weighted by Gasteiger charge is -2.31. The van der Waals surface area contributed by atoms with Gasteiger partial charge in [0.1, 0.15) is 6.04 Å². The SMILES string of the molecule is Cc1ccc(SCC(=O)N(Cc2ccc(Cl)c(Cl)c2)[C@@H](C)C(=O)NC2CCCCC2)cc1. The Labute approximate surface area is 205 Å². The fourth-order valence-electron chi connectivity index (χ4n) is 3.85. The van der Waals surface area contributed by atoms with Crippen molar-refractivity contribution in [1.29, 1.82) is 0 Å². The third kappa shape index (κ3) is 7.16. The van der Waals surface area contributed by atoms with Gasteiger partial charge in [-0.25, -0.2) is 0 Å². The van der Waals surface area contributed by atoms with Crippen LogP contribution in [0.15, 0.2) is 47.4 Å². The number of benzene rings is 2. The maximum atomic E-state index is 13.2. The van der Waals surface area contributed by atoms with Gasteiger partial charge in [-0.05, 0) is 56.5 Å². The molecular formula is C25H30Cl2N2O2S. The molecule has 0 bridgehead atoms. The molecule has 3 rings (SSSR count). The quantitative estimate of drug-likeness (QED) is 0.442. The number of halogens is 2. The number of aryl methyl sites for hydroxylation is 1. The monoisotopic (exact) mass is 492 g/mol. The van der Waals surface area contributed by atoms with Crippen molar-refractivity contribution >= 4 is 46.8 Å². The van der Waals surface area contributed by atoms with Gasteiger partial charge in [0.15, 0.2) is 0 Å². The Morgan fingerprint density at radius 3 is 2.41 bits per heavy atom. The maximum absolute atomic E-state index is 13.2. The van der Waals surface area contributed by atoms with E-state index >= 15 is 0 Å². The molecule has 4 nitrogen and oxygen atoms in total. The van der Waals surface area contributed by atoms with Gasteiger partial charge >= 0.3 is 0 Å². The fraction of sp³-hybridized carbons (Fsp3) is 0.440. The van der Waals surface area contributed by atoms with E-state index in [4.69, 9.17) is 23.2 Å². The molecule has 0 unspecified atom stereocenters. The highest BCUT2D eigenvalue weighted by atomic mass is 35.5. The van der Waals surface area contributed by atoms with Crippen LogP contribution in [0.3, 0.4) is 0 Å². The van der Waals surface area contributed by atoms with Crippen molar-refractivity contribution in [3.8, 4) is 0 Å². The number of carbonyl (C=O) groups excluding carboxylic acids is 2. The van der Waals surface area contributed by atoms with E-state index in [0.29, 0.717) is 16.6 Å². The minimum Gasteiger partial charge on any atom is -0.352 e. The first-order valence-corrected chi connectivity index (χ1v) is 12.8.